The van der Waals surface area contributed by atoms with Crippen molar-refractivity contribution in [2.45, 2.75) is 47.1 Å². The Morgan fingerprint density at radius 2 is 2.04 bits per heavy atom. The Kier molecular flexibility index (Phi) is 6.52. The van der Waals surface area contributed by atoms with E-state index in [1.165, 1.54) is 11.3 Å². The molecule has 2 aromatic rings. The van der Waals surface area contributed by atoms with Gasteiger partial charge in [-0.2, -0.15) is 0 Å². The van der Waals surface area contributed by atoms with Gasteiger partial charge in [0, 0.05) is 23.5 Å². The van der Waals surface area contributed by atoms with E-state index in [1.807, 2.05) is 32.0 Å². The lowest BCUT2D eigenvalue weighted by Gasteiger charge is -2.26. The van der Waals surface area contributed by atoms with Crippen LogP contribution in [0.5, 0.6) is 0 Å². The molecule has 3 rings (SSSR count). The number of rotatable bonds is 6. The third-order valence-electron chi connectivity index (χ3n) is 5.02. The molecule has 28 heavy (non-hydrogen) atoms. The van der Waals surface area contributed by atoms with E-state index in [0.29, 0.717) is 22.7 Å². The van der Waals surface area contributed by atoms with Gasteiger partial charge in [-0.3, -0.25) is 9.69 Å². The van der Waals surface area contributed by atoms with Gasteiger partial charge in [-0.05, 0) is 57.4 Å². The van der Waals surface area contributed by atoms with Crippen molar-refractivity contribution in [3.63, 3.8) is 0 Å². The predicted molar refractivity (Wildman–Crippen MR) is 113 cm³/mol. The summed E-state index contributed by atoms with van der Waals surface area (Å²) in [5.41, 5.74) is 4.15. The molecule has 0 saturated carbocycles. The third kappa shape index (κ3) is 4.28. The summed E-state index contributed by atoms with van der Waals surface area (Å²) in [5.74, 6) is -0.532. The van der Waals surface area contributed by atoms with E-state index < -0.39 is 0 Å². The van der Waals surface area contributed by atoms with Crippen LogP contribution >= 0.6 is 11.3 Å². The highest BCUT2D eigenvalue weighted by Crippen LogP contribution is 2.38. The van der Waals surface area contributed by atoms with Crippen LogP contribution in [0.3, 0.4) is 0 Å². The second-order valence-electron chi connectivity index (χ2n) is 7.23. The standard InChI is InChI=1S/C22H28N2O3S/c1-5-10-24-11-9-16-18(13-24)28-21(19(16)22(26)27-6-2)23-20(25)17-12-14(3)7-8-15(17)4/h7-8,12H,5-6,9-11,13H2,1-4H3,(H,23,25). The second kappa shape index (κ2) is 8.88. The Morgan fingerprint density at radius 1 is 1.25 bits per heavy atom. The van der Waals surface area contributed by atoms with Crippen molar-refractivity contribution in [3.8, 4) is 0 Å². The van der Waals surface area contributed by atoms with Crippen LogP contribution in [0.15, 0.2) is 18.2 Å². The molecule has 0 unspecified atom stereocenters. The fraction of sp³-hybridized carbons (Fsp3) is 0.455. The van der Waals surface area contributed by atoms with E-state index in [2.05, 4.69) is 17.1 Å². The van der Waals surface area contributed by atoms with Gasteiger partial charge in [-0.1, -0.05) is 24.6 Å². The van der Waals surface area contributed by atoms with Crippen molar-refractivity contribution in [1.29, 1.82) is 0 Å². The Morgan fingerprint density at radius 3 is 2.75 bits per heavy atom. The molecule has 2 heterocycles. The summed E-state index contributed by atoms with van der Waals surface area (Å²) in [6.07, 6.45) is 1.90. The van der Waals surface area contributed by atoms with Gasteiger partial charge in [-0.15, -0.1) is 11.3 Å². The first-order chi connectivity index (χ1) is 13.4. The number of thiophene rings is 1. The van der Waals surface area contributed by atoms with Crippen molar-refractivity contribution in [2.24, 2.45) is 0 Å². The van der Waals surface area contributed by atoms with E-state index >= 15 is 0 Å². The third-order valence-corrected chi connectivity index (χ3v) is 6.15. The van der Waals surface area contributed by atoms with Crippen LogP contribution in [0.4, 0.5) is 5.00 Å². The Balaban J connectivity index is 1.94. The summed E-state index contributed by atoms with van der Waals surface area (Å²) < 4.78 is 5.30. The zero-order valence-corrected chi connectivity index (χ0v) is 17.9. The molecule has 150 valence electrons. The molecule has 0 fully saturated rings. The zero-order chi connectivity index (χ0) is 20.3. The molecular formula is C22H28N2O3S. The smallest absolute Gasteiger partial charge is 0.341 e. The van der Waals surface area contributed by atoms with Crippen molar-refractivity contribution in [2.75, 3.05) is 25.0 Å². The van der Waals surface area contributed by atoms with E-state index in [1.54, 1.807) is 6.92 Å². The summed E-state index contributed by atoms with van der Waals surface area (Å²) in [7, 11) is 0. The van der Waals surface area contributed by atoms with Crippen LogP contribution in [0, 0.1) is 13.8 Å². The highest BCUT2D eigenvalue weighted by Gasteiger charge is 2.29. The number of carbonyl (C=O) groups is 2. The Bertz CT molecular complexity index is 888. The molecule has 6 heteroatoms. The van der Waals surface area contributed by atoms with Gasteiger partial charge in [0.25, 0.3) is 5.91 Å². The number of benzene rings is 1. The number of hydrogen-bond donors (Lipinski definition) is 1. The number of nitrogens with one attached hydrogen (secondary N) is 1. The number of anilines is 1. The van der Waals surface area contributed by atoms with Gasteiger partial charge < -0.3 is 10.1 Å². The number of esters is 1. The molecule has 1 aromatic heterocycles. The predicted octanol–water partition coefficient (Wildman–Crippen LogP) is 4.56. The topological polar surface area (TPSA) is 58.6 Å². The number of carbonyl (C=O) groups excluding carboxylic acids is 2. The lowest BCUT2D eigenvalue weighted by atomic mass is 10.0. The van der Waals surface area contributed by atoms with Crippen LogP contribution < -0.4 is 5.32 Å². The van der Waals surface area contributed by atoms with E-state index in [0.717, 1.165) is 54.0 Å². The summed E-state index contributed by atoms with van der Waals surface area (Å²) in [5, 5.41) is 3.60. The molecule has 1 N–H and O–H groups in total. The quantitative estimate of drug-likeness (QED) is 0.722. The molecule has 5 nitrogen and oxygen atoms in total. The maximum atomic E-state index is 12.9. The van der Waals surface area contributed by atoms with Crippen molar-refractivity contribution in [3.05, 3.63) is 50.9 Å². The van der Waals surface area contributed by atoms with Crippen LogP contribution in [-0.2, 0) is 17.7 Å². The number of nitrogens with zero attached hydrogens (tertiary/aromatic N) is 1. The average Bonchev–Trinajstić information content (AvgIpc) is 3.01. The monoisotopic (exact) mass is 400 g/mol. The first-order valence-electron chi connectivity index (χ1n) is 9.87. The van der Waals surface area contributed by atoms with Gasteiger partial charge in [0.1, 0.15) is 5.00 Å². The van der Waals surface area contributed by atoms with Gasteiger partial charge in [-0.25, -0.2) is 4.79 Å². The molecule has 1 aromatic carbocycles. The van der Waals surface area contributed by atoms with E-state index in [4.69, 9.17) is 4.74 Å². The van der Waals surface area contributed by atoms with Crippen molar-refractivity contribution < 1.29 is 14.3 Å². The highest BCUT2D eigenvalue weighted by atomic mass is 32.1. The molecule has 0 aliphatic carbocycles. The molecule has 0 spiro atoms. The van der Waals surface area contributed by atoms with Crippen molar-refractivity contribution in [1.82, 2.24) is 4.90 Å². The minimum Gasteiger partial charge on any atom is -0.462 e. The Hall–Kier alpha value is -2.18. The van der Waals surface area contributed by atoms with Crippen molar-refractivity contribution >= 4 is 28.2 Å². The van der Waals surface area contributed by atoms with E-state index in [9.17, 15) is 9.59 Å². The number of amides is 1. The van der Waals surface area contributed by atoms with Gasteiger partial charge >= 0.3 is 5.97 Å². The molecule has 1 aliphatic heterocycles. The van der Waals surface area contributed by atoms with Crippen LogP contribution in [0.1, 0.15) is 62.6 Å². The molecule has 0 atom stereocenters. The maximum absolute atomic E-state index is 12.9. The second-order valence-corrected chi connectivity index (χ2v) is 8.33. The fourth-order valence-electron chi connectivity index (χ4n) is 3.62. The normalized spacial score (nSPS) is 13.9. The van der Waals surface area contributed by atoms with Gasteiger partial charge in [0.15, 0.2) is 0 Å². The van der Waals surface area contributed by atoms with Gasteiger partial charge in [0.05, 0.1) is 12.2 Å². The zero-order valence-electron chi connectivity index (χ0n) is 17.1. The number of ether oxygens (including phenoxy) is 1. The minimum absolute atomic E-state index is 0.184. The highest BCUT2D eigenvalue weighted by molar-refractivity contribution is 7.17. The molecule has 0 radical (unpaired) electrons. The van der Waals surface area contributed by atoms with Crippen LogP contribution in [0.25, 0.3) is 0 Å². The maximum Gasteiger partial charge on any atom is 0.341 e. The summed E-state index contributed by atoms with van der Waals surface area (Å²) in [6.45, 7) is 11.0. The minimum atomic E-state index is -0.347. The number of aryl methyl sites for hydroxylation is 2. The summed E-state index contributed by atoms with van der Waals surface area (Å²) in [6, 6.07) is 5.81. The lowest BCUT2D eigenvalue weighted by molar-refractivity contribution is 0.0526. The molecule has 0 saturated heterocycles. The first kappa shape index (κ1) is 20.6. The first-order valence-corrected chi connectivity index (χ1v) is 10.7. The fourth-order valence-corrected chi connectivity index (χ4v) is 4.89. The summed E-state index contributed by atoms with van der Waals surface area (Å²) >= 11 is 1.50. The average molecular weight is 401 g/mol. The molecular weight excluding hydrogens is 372 g/mol. The lowest BCUT2D eigenvalue weighted by Crippen LogP contribution is -2.30. The molecule has 0 bridgehead atoms. The largest absolute Gasteiger partial charge is 0.462 e. The Labute approximate surface area is 170 Å². The molecule has 1 aliphatic rings. The van der Waals surface area contributed by atoms with Gasteiger partial charge in [0.2, 0.25) is 0 Å². The summed E-state index contributed by atoms with van der Waals surface area (Å²) in [4.78, 5) is 29.1. The SMILES string of the molecule is CCCN1CCc2c(sc(NC(=O)c3cc(C)ccc3C)c2C(=O)OCC)C1. The molecule has 1 amide bonds. The number of fused-ring (bicyclic) bond motifs is 1. The number of hydrogen-bond acceptors (Lipinski definition) is 5. The van der Waals surface area contributed by atoms with Crippen LogP contribution in [0.2, 0.25) is 0 Å². The van der Waals surface area contributed by atoms with E-state index in [-0.39, 0.29) is 11.9 Å². The van der Waals surface area contributed by atoms with Crippen LogP contribution in [-0.4, -0.2) is 36.5 Å².